The maximum absolute atomic E-state index is 13.1. The first-order valence-electron chi connectivity index (χ1n) is 10.9. The summed E-state index contributed by atoms with van der Waals surface area (Å²) in [5, 5.41) is 4.39. The Balaban J connectivity index is 0.00000280. The fraction of sp³-hybridized carbons (Fsp3) is 0.0769. The van der Waals surface area contributed by atoms with Gasteiger partial charge >= 0.3 is 88.7 Å². The molecule has 0 aliphatic rings. The average molecular weight is 621 g/mol. The van der Waals surface area contributed by atoms with Crippen LogP contribution < -0.4 is 99.3 Å². The molecule has 2 N–H and O–H groups in total. The number of hydrogen-bond acceptors (Lipinski definition) is 8. The van der Waals surface area contributed by atoms with E-state index in [1.54, 1.807) is 31.2 Å². The topological polar surface area (TPSA) is 173 Å². The molecular weight excluding hydrogens is 601 g/mol. The Morgan fingerprint density at radius 1 is 0.707 bits per heavy atom. The fourth-order valence-corrected chi connectivity index (χ4v) is 5.22. The molecular formula is C26H19N2Na3O8S2. The molecule has 0 unspecified atom stereocenters. The van der Waals surface area contributed by atoms with Crippen molar-refractivity contribution in [3.8, 4) is 0 Å². The van der Waals surface area contributed by atoms with Crippen molar-refractivity contribution in [3.05, 3.63) is 95.1 Å². The van der Waals surface area contributed by atoms with Crippen LogP contribution in [-0.4, -0.2) is 37.8 Å². The van der Waals surface area contributed by atoms with Crippen LogP contribution in [0.3, 0.4) is 0 Å². The number of nitrogens with one attached hydrogen (secondary N) is 2. The second-order valence-electron chi connectivity index (χ2n) is 8.44. The molecule has 0 aromatic heterocycles. The van der Waals surface area contributed by atoms with E-state index in [0.29, 0.717) is 16.8 Å². The van der Waals surface area contributed by atoms with Crippen molar-refractivity contribution < 1.29 is 124 Å². The summed E-state index contributed by atoms with van der Waals surface area (Å²) >= 11 is 0. The van der Waals surface area contributed by atoms with Gasteiger partial charge in [-0.15, -0.1) is 5.39 Å². The summed E-state index contributed by atoms with van der Waals surface area (Å²) < 4.78 is 70.8. The molecule has 4 aromatic carbocycles. The fourth-order valence-electron chi connectivity index (χ4n) is 3.87. The largest absolute Gasteiger partial charge is 1.00 e. The molecule has 0 saturated carbocycles. The van der Waals surface area contributed by atoms with Gasteiger partial charge < -0.3 is 19.7 Å². The first-order valence-corrected chi connectivity index (χ1v) is 13.8. The van der Waals surface area contributed by atoms with Crippen LogP contribution in [0.15, 0.2) is 76.5 Å². The zero-order valence-corrected chi connectivity index (χ0v) is 30.6. The van der Waals surface area contributed by atoms with Crippen LogP contribution in [0.5, 0.6) is 0 Å². The number of carbonyl (C=O) groups excluding carboxylic acids is 2. The van der Waals surface area contributed by atoms with E-state index in [4.69, 9.17) is 0 Å². The predicted octanol–water partition coefficient (Wildman–Crippen LogP) is -5.42. The number of anilines is 2. The summed E-state index contributed by atoms with van der Waals surface area (Å²) in [4.78, 5) is 24.2. The molecule has 0 aliphatic heterocycles. The molecule has 0 bridgehead atoms. The van der Waals surface area contributed by atoms with Gasteiger partial charge in [0.1, 0.15) is 10.1 Å². The second-order valence-corrected chi connectivity index (χ2v) is 11.1. The third kappa shape index (κ3) is 8.96. The molecule has 0 radical (unpaired) electrons. The summed E-state index contributed by atoms with van der Waals surface area (Å²) in [6.07, 6.45) is 0. The summed E-state index contributed by atoms with van der Waals surface area (Å²) in [5.74, 6) is -1.14. The first-order chi connectivity index (χ1) is 17.8. The maximum Gasteiger partial charge on any atom is 1.00 e. The number of benzene rings is 4. The summed E-state index contributed by atoms with van der Waals surface area (Å²) in [6, 6.07) is 17.5. The Morgan fingerprint density at radius 2 is 1.29 bits per heavy atom. The molecule has 41 heavy (non-hydrogen) atoms. The minimum absolute atomic E-state index is 0. The Morgan fingerprint density at radius 3 is 1.88 bits per heavy atom. The van der Waals surface area contributed by atoms with Crippen LogP contribution in [0.4, 0.5) is 11.4 Å². The molecule has 0 aliphatic carbocycles. The van der Waals surface area contributed by atoms with Gasteiger partial charge in [-0.3, -0.25) is 18.0 Å². The van der Waals surface area contributed by atoms with E-state index in [1.165, 1.54) is 12.1 Å². The minimum Gasteiger partial charge on any atom is -0.754 e. The van der Waals surface area contributed by atoms with Crippen LogP contribution in [-0.2, 0) is 20.2 Å². The molecule has 0 atom stereocenters. The van der Waals surface area contributed by atoms with Gasteiger partial charge in [-0.1, -0.05) is 35.2 Å². The van der Waals surface area contributed by atoms with Gasteiger partial charge in [-0.2, -0.15) is 18.2 Å². The van der Waals surface area contributed by atoms with E-state index < -0.39 is 47.2 Å². The third-order valence-electron chi connectivity index (χ3n) is 5.71. The molecule has 15 heteroatoms. The standard InChI is InChI=1S/C26H21N2O8S2.3Na/c1-15-5-3-6-17(13-15)25(29)28-21-14-18(10-9-16(21)2)26(30)27-20-11-12-22(37(31,32)33)19-7-4-8-23(24(19)20)38(34,35)36;;;/h3,5-14H,1-2H3,(H,27,30)(H,28,29)(H,31,32,33)(H,34,35,36);;;/q-1;3*+1/p-2. The quantitative estimate of drug-likeness (QED) is 0.122. The zero-order chi connectivity index (χ0) is 27.8. The Hall–Kier alpha value is -1.10. The van der Waals surface area contributed by atoms with E-state index >= 15 is 0 Å². The molecule has 2 amide bonds. The van der Waals surface area contributed by atoms with Gasteiger partial charge in [0.05, 0.1) is 10.1 Å². The Kier molecular flexibility index (Phi) is 13.9. The summed E-state index contributed by atoms with van der Waals surface area (Å²) in [5.41, 5.74) is 2.17. The van der Waals surface area contributed by atoms with Crippen molar-refractivity contribution in [1.29, 1.82) is 0 Å². The van der Waals surface area contributed by atoms with E-state index in [-0.39, 0.29) is 105 Å². The molecule has 4 rings (SSSR count). The predicted molar refractivity (Wildman–Crippen MR) is 137 cm³/mol. The van der Waals surface area contributed by atoms with Crippen LogP contribution in [0.2, 0.25) is 0 Å². The van der Waals surface area contributed by atoms with Gasteiger partial charge in [-0.25, -0.2) is 8.42 Å². The second kappa shape index (κ2) is 15.1. The normalized spacial score (nSPS) is 10.9. The van der Waals surface area contributed by atoms with Crippen molar-refractivity contribution in [2.24, 2.45) is 0 Å². The maximum atomic E-state index is 13.1. The summed E-state index contributed by atoms with van der Waals surface area (Å²) in [7, 11) is -10.2. The Labute approximate surface area is 304 Å². The number of hydrogen-bond donors (Lipinski definition) is 2. The number of amides is 2. The van der Waals surface area contributed by atoms with Gasteiger partial charge in [-0.05, 0) is 54.6 Å². The van der Waals surface area contributed by atoms with E-state index in [1.807, 2.05) is 13.0 Å². The molecule has 10 nitrogen and oxygen atoms in total. The van der Waals surface area contributed by atoms with Crippen LogP contribution in [0, 0.1) is 19.9 Å². The van der Waals surface area contributed by atoms with Gasteiger partial charge in [0.2, 0.25) is 0 Å². The SMILES string of the molecule is Cc1cccc(C(=O)Nc2cc(C(=O)Nc3ccc(S(=O)(=O)[O-])c4c[c-]cc(S(=O)(=O)[O-])c34)ccc2C)c1.[Na+].[Na+].[Na+]. The molecule has 196 valence electrons. The Bertz CT molecular complexity index is 1850. The zero-order valence-electron chi connectivity index (χ0n) is 22.9. The van der Waals surface area contributed by atoms with Gasteiger partial charge in [0, 0.05) is 27.4 Å². The molecule has 0 spiro atoms. The van der Waals surface area contributed by atoms with Crippen LogP contribution >= 0.6 is 0 Å². The number of rotatable bonds is 6. The minimum atomic E-state index is -5.15. The third-order valence-corrected chi connectivity index (χ3v) is 7.46. The van der Waals surface area contributed by atoms with Gasteiger partial charge in [0.15, 0.2) is 0 Å². The van der Waals surface area contributed by atoms with E-state index in [9.17, 15) is 35.5 Å². The number of carbonyl (C=O) groups is 2. The first kappa shape index (κ1) is 37.9. The van der Waals surface area contributed by atoms with Crippen LogP contribution in [0.25, 0.3) is 10.8 Å². The van der Waals surface area contributed by atoms with Crippen LogP contribution in [0.1, 0.15) is 31.8 Å². The average Bonchev–Trinajstić information content (AvgIpc) is 2.83. The molecule has 0 heterocycles. The van der Waals surface area contributed by atoms with Crippen molar-refractivity contribution >= 4 is 54.2 Å². The smallest absolute Gasteiger partial charge is 0.754 e. The van der Waals surface area contributed by atoms with Crippen molar-refractivity contribution in [2.45, 2.75) is 23.6 Å². The number of aryl methyl sites for hydroxylation is 2. The van der Waals surface area contributed by atoms with Gasteiger partial charge in [0.25, 0.3) is 11.8 Å². The van der Waals surface area contributed by atoms with Crippen molar-refractivity contribution in [1.82, 2.24) is 0 Å². The molecule has 0 fully saturated rings. The van der Waals surface area contributed by atoms with E-state index in [2.05, 4.69) is 16.7 Å². The number of fused-ring (bicyclic) bond motifs is 1. The van der Waals surface area contributed by atoms with Crippen molar-refractivity contribution in [3.63, 3.8) is 0 Å². The molecule has 4 aromatic rings. The monoisotopic (exact) mass is 620 g/mol. The summed E-state index contributed by atoms with van der Waals surface area (Å²) in [6.45, 7) is 3.57. The van der Waals surface area contributed by atoms with Crippen molar-refractivity contribution in [2.75, 3.05) is 10.6 Å². The van der Waals surface area contributed by atoms with E-state index in [0.717, 1.165) is 29.8 Å². The molecule has 0 saturated heterocycles.